The summed E-state index contributed by atoms with van der Waals surface area (Å²) in [6, 6.07) is 4.79. The molecule has 0 aliphatic heterocycles. The maximum atomic E-state index is 12.8. The number of rotatable bonds is 2. The maximum Gasteiger partial charge on any atom is 0.416 e. The summed E-state index contributed by atoms with van der Waals surface area (Å²) in [4.78, 5) is 11.6. The molecule has 0 saturated heterocycles. The van der Waals surface area contributed by atoms with Gasteiger partial charge >= 0.3 is 12.1 Å². The van der Waals surface area contributed by atoms with Crippen molar-refractivity contribution >= 4 is 5.97 Å². The van der Waals surface area contributed by atoms with E-state index >= 15 is 0 Å². The Morgan fingerprint density at radius 2 is 1.85 bits per heavy atom. The fourth-order valence-corrected chi connectivity index (χ4v) is 3.73. The number of benzene rings is 1. The van der Waals surface area contributed by atoms with Crippen LogP contribution in [-0.4, -0.2) is 11.1 Å². The molecule has 1 aromatic rings. The second-order valence-corrected chi connectivity index (χ2v) is 6.17. The Morgan fingerprint density at radius 3 is 2.30 bits per heavy atom. The summed E-state index contributed by atoms with van der Waals surface area (Å²) in [5, 5.41) is 9.50. The lowest BCUT2D eigenvalue weighted by molar-refractivity contribution is -0.160. The van der Waals surface area contributed by atoms with Crippen LogP contribution in [0, 0.1) is 5.41 Å². The van der Waals surface area contributed by atoms with Gasteiger partial charge in [-0.3, -0.25) is 4.79 Å². The minimum atomic E-state index is -4.44. The van der Waals surface area contributed by atoms with Gasteiger partial charge in [0.05, 0.1) is 11.0 Å². The van der Waals surface area contributed by atoms with Crippen LogP contribution in [0.4, 0.5) is 13.2 Å². The summed E-state index contributed by atoms with van der Waals surface area (Å²) in [5.41, 5.74) is -1.53. The minimum Gasteiger partial charge on any atom is -0.481 e. The lowest BCUT2D eigenvalue weighted by atomic mass is 9.43. The first kappa shape index (κ1) is 13.5. The molecule has 0 aromatic heterocycles. The van der Waals surface area contributed by atoms with E-state index in [4.69, 9.17) is 0 Å². The predicted octanol–water partition coefficient (Wildman–Crippen LogP) is 3.99. The SMILES string of the molecule is O=C(O)C1(c2cccc(C(F)(F)F)c2)CC2(CCC2)C1. The van der Waals surface area contributed by atoms with E-state index in [-0.39, 0.29) is 11.0 Å². The van der Waals surface area contributed by atoms with Gasteiger partial charge in [-0.25, -0.2) is 0 Å². The third kappa shape index (κ3) is 1.83. The van der Waals surface area contributed by atoms with E-state index in [1.165, 1.54) is 12.1 Å². The summed E-state index contributed by atoms with van der Waals surface area (Å²) in [5.74, 6) is -1.01. The molecular formula is C15H15F3O2. The number of carboxylic acids is 1. The summed E-state index contributed by atoms with van der Waals surface area (Å²) in [7, 11) is 0. The van der Waals surface area contributed by atoms with Gasteiger partial charge in [-0.1, -0.05) is 24.6 Å². The Bertz CT molecular complexity index is 550. The molecule has 2 nitrogen and oxygen atoms in total. The van der Waals surface area contributed by atoms with Gasteiger partial charge in [-0.05, 0) is 42.7 Å². The third-order valence-electron chi connectivity index (χ3n) is 4.92. The number of carbonyl (C=O) groups is 1. The summed E-state index contributed by atoms with van der Waals surface area (Å²) >= 11 is 0. The van der Waals surface area contributed by atoms with Crippen molar-refractivity contribution in [2.75, 3.05) is 0 Å². The highest BCUT2D eigenvalue weighted by atomic mass is 19.4. The van der Waals surface area contributed by atoms with Crippen molar-refractivity contribution in [3.8, 4) is 0 Å². The monoisotopic (exact) mass is 284 g/mol. The number of carboxylic acid groups (broad SMARTS) is 1. The first-order chi connectivity index (χ1) is 9.28. The fraction of sp³-hybridized carbons (Fsp3) is 0.533. The van der Waals surface area contributed by atoms with Gasteiger partial charge in [0.15, 0.2) is 0 Å². The number of aliphatic carboxylic acids is 1. The Hall–Kier alpha value is -1.52. The first-order valence-electron chi connectivity index (χ1n) is 6.69. The molecule has 0 heterocycles. The zero-order valence-corrected chi connectivity index (χ0v) is 10.8. The van der Waals surface area contributed by atoms with E-state index in [0.717, 1.165) is 31.4 Å². The fourth-order valence-electron chi connectivity index (χ4n) is 3.73. The average molecular weight is 284 g/mol. The Morgan fingerprint density at radius 1 is 1.20 bits per heavy atom. The topological polar surface area (TPSA) is 37.3 Å². The molecule has 2 aliphatic carbocycles. The van der Waals surface area contributed by atoms with E-state index < -0.39 is 23.1 Å². The highest BCUT2D eigenvalue weighted by Crippen LogP contribution is 2.65. The molecule has 0 bridgehead atoms. The molecule has 5 heteroatoms. The van der Waals surface area contributed by atoms with Crippen LogP contribution in [0.15, 0.2) is 24.3 Å². The largest absolute Gasteiger partial charge is 0.481 e. The molecule has 2 aliphatic rings. The lowest BCUT2D eigenvalue weighted by Gasteiger charge is -2.59. The number of alkyl halides is 3. The molecule has 0 radical (unpaired) electrons. The van der Waals surface area contributed by atoms with Crippen LogP contribution in [0.5, 0.6) is 0 Å². The molecule has 1 spiro atoms. The summed E-state index contributed by atoms with van der Waals surface area (Å²) < 4.78 is 38.3. The number of hydrogen-bond donors (Lipinski definition) is 1. The van der Waals surface area contributed by atoms with E-state index in [1.807, 2.05) is 0 Å². The molecule has 2 fully saturated rings. The standard InChI is InChI=1S/C15H15F3O2/c16-15(17,18)11-4-1-3-10(7-11)14(12(19)20)8-13(9-14)5-2-6-13/h1,3-4,7H,2,5-6,8-9H2,(H,19,20). The van der Waals surface area contributed by atoms with Crippen molar-refractivity contribution in [2.45, 2.75) is 43.7 Å². The van der Waals surface area contributed by atoms with Crippen molar-refractivity contribution in [3.63, 3.8) is 0 Å². The van der Waals surface area contributed by atoms with Crippen molar-refractivity contribution in [1.82, 2.24) is 0 Å². The van der Waals surface area contributed by atoms with Gasteiger partial charge in [-0.2, -0.15) is 13.2 Å². The first-order valence-corrected chi connectivity index (χ1v) is 6.69. The maximum absolute atomic E-state index is 12.8. The molecule has 0 amide bonds. The molecule has 2 saturated carbocycles. The normalized spacial score (nSPS) is 22.9. The van der Waals surface area contributed by atoms with Crippen molar-refractivity contribution in [3.05, 3.63) is 35.4 Å². The van der Waals surface area contributed by atoms with Gasteiger partial charge in [-0.15, -0.1) is 0 Å². The molecule has 0 unspecified atom stereocenters. The predicted molar refractivity (Wildman–Crippen MR) is 66.3 cm³/mol. The van der Waals surface area contributed by atoms with E-state index in [0.29, 0.717) is 12.8 Å². The number of hydrogen-bond acceptors (Lipinski definition) is 1. The molecule has 1 N–H and O–H groups in total. The second kappa shape index (κ2) is 3.99. The molecule has 1 aromatic carbocycles. The third-order valence-corrected chi connectivity index (χ3v) is 4.92. The molecule has 3 rings (SSSR count). The second-order valence-electron chi connectivity index (χ2n) is 6.17. The van der Waals surface area contributed by atoms with Gasteiger partial charge in [0.1, 0.15) is 0 Å². The van der Waals surface area contributed by atoms with Crippen LogP contribution < -0.4 is 0 Å². The highest BCUT2D eigenvalue weighted by molar-refractivity contribution is 5.83. The molecular weight excluding hydrogens is 269 g/mol. The average Bonchev–Trinajstić information content (AvgIpc) is 2.24. The Kier molecular flexibility index (Phi) is 2.69. The Balaban J connectivity index is 1.96. The van der Waals surface area contributed by atoms with Gasteiger partial charge in [0.2, 0.25) is 0 Å². The Labute approximate surface area is 114 Å². The number of halogens is 3. The van der Waals surface area contributed by atoms with Crippen molar-refractivity contribution in [1.29, 1.82) is 0 Å². The minimum absolute atomic E-state index is 0.0760. The quantitative estimate of drug-likeness (QED) is 0.891. The summed E-state index contributed by atoms with van der Waals surface area (Å²) in [6.07, 6.45) is -0.402. The van der Waals surface area contributed by atoms with E-state index in [9.17, 15) is 23.1 Å². The van der Waals surface area contributed by atoms with Gasteiger partial charge < -0.3 is 5.11 Å². The highest BCUT2D eigenvalue weighted by Gasteiger charge is 2.61. The smallest absolute Gasteiger partial charge is 0.416 e. The van der Waals surface area contributed by atoms with Crippen molar-refractivity contribution < 1.29 is 23.1 Å². The van der Waals surface area contributed by atoms with Gasteiger partial charge in [0.25, 0.3) is 0 Å². The van der Waals surface area contributed by atoms with E-state index in [1.54, 1.807) is 0 Å². The van der Waals surface area contributed by atoms with Crippen molar-refractivity contribution in [2.24, 2.45) is 5.41 Å². The van der Waals surface area contributed by atoms with Gasteiger partial charge in [0, 0.05) is 0 Å². The van der Waals surface area contributed by atoms with E-state index in [2.05, 4.69) is 0 Å². The zero-order chi connectivity index (χ0) is 14.6. The lowest BCUT2D eigenvalue weighted by Crippen LogP contribution is -2.57. The van der Waals surface area contributed by atoms with Crippen LogP contribution in [0.3, 0.4) is 0 Å². The van der Waals surface area contributed by atoms with Crippen LogP contribution in [0.2, 0.25) is 0 Å². The zero-order valence-electron chi connectivity index (χ0n) is 10.8. The molecule has 0 atom stereocenters. The molecule has 20 heavy (non-hydrogen) atoms. The summed E-state index contributed by atoms with van der Waals surface area (Å²) in [6.45, 7) is 0. The van der Waals surface area contributed by atoms with Crippen LogP contribution >= 0.6 is 0 Å². The van der Waals surface area contributed by atoms with Crippen LogP contribution in [0.1, 0.15) is 43.2 Å². The molecule has 108 valence electrons. The van der Waals surface area contributed by atoms with Crippen LogP contribution in [0.25, 0.3) is 0 Å². The van der Waals surface area contributed by atoms with Crippen LogP contribution in [-0.2, 0) is 16.4 Å².